The fourth-order valence-corrected chi connectivity index (χ4v) is 3.63. The van der Waals surface area contributed by atoms with Gasteiger partial charge in [0, 0.05) is 17.4 Å². The van der Waals surface area contributed by atoms with Crippen LogP contribution in [0.4, 0.5) is 0 Å². The Bertz CT molecular complexity index is 1040. The van der Waals surface area contributed by atoms with E-state index in [9.17, 15) is 0 Å². The number of rotatable bonds is 8. The van der Waals surface area contributed by atoms with Gasteiger partial charge in [0.25, 0.3) is 0 Å². The van der Waals surface area contributed by atoms with Crippen LogP contribution < -0.4 is 4.74 Å². The van der Waals surface area contributed by atoms with E-state index in [4.69, 9.17) is 42.4 Å². The number of hydrogen-bond acceptors (Lipinski definition) is 4. The van der Waals surface area contributed by atoms with Gasteiger partial charge in [-0.15, -0.1) is 0 Å². The molecule has 0 fully saturated rings. The molecule has 0 radical (unpaired) electrons. The number of allylic oxidation sites excluding steroid dienone is 1. The van der Waals surface area contributed by atoms with Crippen molar-refractivity contribution in [1.82, 2.24) is 4.98 Å². The lowest BCUT2D eigenvalue weighted by Crippen LogP contribution is -2.02. The number of nitrogens with zero attached hydrogens (tertiary/aromatic N) is 1. The molecule has 0 atom stereocenters. The van der Waals surface area contributed by atoms with Crippen molar-refractivity contribution in [1.29, 1.82) is 0 Å². The zero-order valence-corrected chi connectivity index (χ0v) is 18.8. The van der Waals surface area contributed by atoms with Gasteiger partial charge in [-0.25, -0.2) is 4.98 Å². The summed E-state index contributed by atoms with van der Waals surface area (Å²) in [5.74, 6) is 2.34. The van der Waals surface area contributed by atoms with Crippen molar-refractivity contribution in [3.63, 3.8) is 0 Å². The van der Waals surface area contributed by atoms with Crippen LogP contribution in [0.1, 0.15) is 42.3 Å². The number of aliphatic hydroxyl groups is 1. The van der Waals surface area contributed by atoms with Crippen molar-refractivity contribution in [3.05, 3.63) is 75.1 Å². The maximum atomic E-state index is 8.90. The molecule has 6 heteroatoms. The molecule has 0 bridgehead atoms. The molecule has 0 amide bonds. The molecule has 30 heavy (non-hydrogen) atoms. The van der Waals surface area contributed by atoms with Gasteiger partial charge < -0.3 is 14.3 Å². The minimum absolute atomic E-state index is 0.000198. The Kier molecular flexibility index (Phi) is 7.59. The fraction of sp³-hybridized carbons (Fsp3) is 0.292. The summed E-state index contributed by atoms with van der Waals surface area (Å²) in [6.07, 6.45) is 4.76. The third kappa shape index (κ3) is 5.45. The van der Waals surface area contributed by atoms with E-state index in [2.05, 4.69) is 26.0 Å². The van der Waals surface area contributed by atoms with E-state index in [1.165, 1.54) is 0 Å². The number of hydrogen-bond donors (Lipinski definition) is 1. The van der Waals surface area contributed by atoms with Crippen LogP contribution >= 0.6 is 23.2 Å². The van der Waals surface area contributed by atoms with Crippen molar-refractivity contribution in [2.45, 2.75) is 33.1 Å². The normalized spacial score (nSPS) is 11.6. The second-order valence-corrected chi connectivity index (χ2v) is 8.16. The third-order valence-electron chi connectivity index (χ3n) is 4.58. The minimum Gasteiger partial charge on any atom is -0.491 e. The average molecular weight is 446 g/mol. The SMILES string of the molecule is Cc1cc(C=CCc2nc(-c3ccc(Cl)cc3Cl)oc2C(C)C)ccc1OCCO. The zero-order valence-electron chi connectivity index (χ0n) is 17.3. The first kappa shape index (κ1) is 22.4. The molecular formula is C24H25Cl2NO3. The summed E-state index contributed by atoms with van der Waals surface area (Å²) in [7, 11) is 0. The number of halogens is 2. The largest absolute Gasteiger partial charge is 0.491 e. The molecule has 3 aromatic rings. The molecule has 0 unspecified atom stereocenters. The molecule has 0 saturated heterocycles. The van der Waals surface area contributed by atoms with Crippen LogP contribution in [0.15, 0.2) is 46.9 Å². The molecular weight excluding hydrogens is 421 g/mol. The summed E-state index contributed by atoms with van der Waals surface area (Å²) < 4.78 is 11.6. The number of ether oxygens (including phenoxy) is 1. The third-order valence-corrected chi connectivity index (χ3v) is 5.13. The number of aliphatic hydroxyl groups excluding tert-OH is 1. The second kappa shape index (κ2) is 10.2. The predicted molar refractivity (Wildman–Crippen MR) is 123 cm³/mol. The Labute approximate surface area is 187 Å². The van der Waals surface area contributed by atoms with Gasteiger partial charge in [0.2, 0.25) is 5.89 Å². The summed E-state index contributed by atoms with van der Waals surface area (Å²) in [5, 5.41) is 9.99. The Morgan fingerprint density at radius 3 is 2.63 bits per heavy atom. The fourth-order valence-electron chi connectivity index (χ4n) is 3.14. The van der Waals surface area contributed by atoms with Crippen molar-refractivity contribution >= 4 is 29.3 Å². The van der Waals surface area contributed by atoms with E-state index in [0.29, 0.717) is 29.0 Å². The van der Waals surface area contributed by atoms with Gasteiger partial charge in [-0.2, -0.15) is 0 Å². The van der Waals surface area contributed by atoms with E-state index in [1.807, 2.05) is 31.2 Å². The zero-order chi connectivity index (χ0) is 21.7. The summed E-state index contributed by atoms with van der Waals surface area (Å²) in [6, 6.07) is 11.2. The molecule has 158 valence electrons. The molecule has 0 saturated carbocycles. The summed E-state index contributed by atoms with van der Waals surface area (Å²) in [4.78, 5) is 4.70. The quantitative estimate of drug-likeness (QED) is 0.418. The van der Waals surface area contributed by atoms with E-state index in [0.717, 1.165) is 33.9 Å². The van der Waals surface area contributed by atoms with Crippen LogP contribution in [0.3, 0.4) is 0 Å². The number of oxazole rings is 1. The molecule has 1 heterocycles. The first-order chi connectivity index (χ1) is 14.4. The predicted octanol–water partition coefficient (Wildman–Crippen LogP) is 6.71. The Morgan fingerprint density at radius 1 is 1.17 bits per heavy atom. The first-order valence-corrected chi connectivity index (χ1v) is 10.6. The summed E-state index contributed by atoms with van der Waals surface area (Å²) in [6.45, 7) is 6.44. The van der Waals surface area contributed by atoms with Crippen molar-refractivity contribution in [2.75, 3.05) is 13.2 Å². The molecule has 0 spiro atoms. The van der Waals surface area contributed by atoms with Crippen molar-refractivity contribution in [3.8, 4) is 17.2 Å². The lowest BCUT2D eigenvalue weighted by atomic mass is 10.1. The van der Waals surface area contributed by atoms with E-state index >= 15 is 0 Å². The molecule has 0 aliphatic heterocycles. The highest BCUT2D eigenvalue weighted by Gasteiger charge is 2.18. The Morgan fingerprint density at radius 2 is 1.97 bits per heavy atom. The number of benzene rings is 2. The standard InChI is InChI=1S/C24H25Cl2NO3/c1-15(2)23-21(27-24(30-23)19-9-8-18(25)14-20(19)26)6-4-5-17-7-10-22(16(3)13-17)29-12-11-28/h4-5,7-10,13-15,28H,6,11-12H2,1-3H3. The van der Waals surface area contributed by atoms with Crippen molar-refractivity contribution < 1.29 is 14.3 Å². The van der Waals surface area contributed by atoms with E-state index in [-0.39, 0.29) is 12.5 Å². The molecule has 1 N–H and O–H groups in total. The van der Waals surface area contributed by atoms with Gasteiger partial charge >= 0.3 is 0 Å². The van der Waals surface area contributed by atoms with Crippen LogP contribution in [0, 0.1) is 6.92 Å². The minimum atomic E-state index is 0.000198. The van der Waals surface area contributed by atoms with E-state index < -0.39 is 0 Å². The molecule has 2 aromatic carbocycles. The highest BCUT2D eigenvalue weighted by molar-refractivity contribution is 6.36. The number of aryl methyl sites for hydroxylation is 1. The molecule has 1 aromatic heterocycles. The summed E-state index contributed by atoms with van der Waals surface area (Å²) in [5.41, 5.74) is 3.71. The van der Waals surface area contributed by atoms with Gasteiger partial charge in [0.1, 0.15) is 18.1 Å². The molecule has 3 rings (SSSR count). The second-order valence-electron chi connectivity index (χ2n) is 7.31. The Balaban J connectivity index is 1.79. The lowest BCUT2D eigenvalue weighted by molar-refractivity contribution is 0.200. The smallest absolute Gasteiger partial charge is 0.228 e. The molecule has 4 nitrogen and oxygen atoms in total. The summed E-state index contributed by atoms with van der Waals surface area (Å²) >= 11 is 12.3. The highest BCUT2D eigenvalue weighted by atomic mass is 35.5. The van der Waals surface area contributed by atoms with Gasteiger partial charge in [-0.1, -0.05) is 55.3 Å². The topological polar surface area (TPSA) is 55.5 Å². The Hall–Kier alpha value is -2.27. The first-order valence-electron chi connectivity index (χ1n) is 9.85. The molecule has 0 aliphatic carbocycles. The maximum Gasteiger partial charge on any atom is 0.228 e. The van der Waals surface area contributed by atoms with Crippen LogP contribution in [-0.4, -0.2) is 23.3 Å². The van der Waals surface area contributed by atoms with Gasteiger partial charge in [0.05, 0.1) is 22.9 Å². The van der Waals surface area contributed by atoms with Gasteiger partial charge in [-0.05, 0) is 48.4 Å². The maximum absolute atomic E-state index is 8.90. The van der Waals surface area contributed by atoms with Crippen LogP contribution in [0.5, 0.6) is 5.75 Å². The molecule has 0 aliphatic rings. The lowest BCUT2D eigenvalue weighted by Gasteiger charge is -2.08. The van der Waals surface area contributed by atoms with Crippen LogP contribution in [0.25, 0.3) is 17.5 Å². The number of aromatic nitrogens is 1. The van der Waals surface area contributed by atoms with Gasteiger partial charge in [0.15, 0.2) is 0 Å². The van der Waals surface area contributed by atoms with E-state index in [1.54, 1.807) is 12.1 Å². The van der Waals surface area contributed by atoms with Crippen molar-refractivity contribution in [2.24, 2.45) is 0 Å². The van der Waals surface area contributed by atoms with Gasteiger partial charge in [-0.3, -0.25) is 0 Å². The monoisotopic (exact) mass is 445 g/mol. The average Bonchev–Trinajstić information content (AvgIpc) is 3.11. The highest BCUT2D eigenvalue weighted by Crippen LogP contribution is 2.33. The van der Waals surface area contributed by atoms with Crippen LogP contribution in [0.2, 0.25) is 10.0 Å². The van der Waals surface area contributed by atoms with Crippen LogP contribution in [-0.2, 0) is 6.42 Å².